The molecular weight excluding hydrogens is 441 g/mol. The Labute approximate surface area is 191 Å². The fraction of sp³-hybridized carbons (Fsp3) is 0.750. The van der Waals surface area contributed by atoms with Crippen LogP contribution in [0.5, 0.6) is 0 Å². The Bertz CT molecular complexity index is 877. The van der Waals surface area contributed by atoms with Gasteiger partial charge < -0.3 is 9.84 Å². The van der Waals surface area contributed by atoms with Crippen LogP contribution in [0.4, 0.5) is 13.2 Å². The number of ketones is 1. The van der Waals surface area contributed by atoms with Crippen LogP contribution in [-0.4, -0.2) is 52.2 Å². The van der Waals surface area contributed by atoms with Gasteiger partial charge in [0.2, 0.25) is 0 Å². The summed E-state index contributed by atoms with van der Waals surface area (Å²) in [5.41, 5.74) is -5.40. The molecule has 4 nitrogen and oxygen atoms in total. The zero-order valence-corrected chi connectivity index (χ0v) is 19.5. The normalized spacial score (nSPS) is 47.3. The number of hydrogen-bond acceptors (Lipinski definition) is 5. The molecule has 0 amide bonds. The highest BCUT2D eigenvalue weighted by Gasteiger charge is 2.75. The molecule has 0 bridgehead atoms. The summed E-state index contributed by atoms with van der Waals surface area (Å²) >= 11 is 1.01. The lowest BCUT2D eigenvalue weighted by molar-refractivity contribution is -0.226. The summed E-state index contributed by atoms with van der Waals surface area (Å²) in [4.78, 5) is 24.2. The van der Waals surface area contributed by atoms with E-state index < -0.39 is 52.3 Å². The molecule has 0 heterocycles. The van der Waals surface area contributed by atoms with E-state index in [2.05, 4.69) is 0 Å². The van der Waals surface area contributed by atoms with Crippen molar-refractivity contribution in [3.8, 4) is 0 Å². The average Bonchev–Trinajstić information content (AvgIpc) is 3.02. The summed E-state index contributed by atoms with van der Waals surface area (Å²) in [6.45, 7) is 5.11. The Kier molecular flexibility index (Phi) is 5.89. The minimum Gasteiger partial charge on any atom is -0.458 e. The Morgan fingerprint density at radius 3 is 2.72 bits per heavy atom. The van der Waals surface area contributed by atoms with E-state index in [0.717, 1.165) is 11.8 Å². The number of thioether (sulfide) groups is 1. The third-order valence-corrected chi connectivity index (χ3v) is 9.75. The quantitative estimate of drug-likeness (QED) is 0.590. The highest BCUT2D eigenvalue weighted by molar-refractivity contribution is 7.99. The topological polar surface area (TPSA) is 63.6 Å². The number of allylic oxidation sites excluding steroid dienone is 4. The van der Waals surface area contributed by atoms with E-state index in [1.54, 1.807) is 13.8 Å². The summed E-state index contributed by atoms with van der Waals surface area (Å²) in [6, 6.07) is -0.650. The number of esters is 1. The Morgan fingerprint density at radius 1 is 1.34 bits per heavy atom. The maximum absolute atomic E-state index is 17.1. The van der Waals surface area contributed by atoms with Crippen molar-refractivity contribution in [1.82, 2.24) is 0 Å². The smallest absolute Gasteiger partial charge is 0.306 e. The summed E-state index contributed by atoms with van der Waals surface area (Å²) in [6.07, 6.45) is 1.78. The average molecular weight is 473 g/mol. The molecule has 0 saturated heterocycles. The van der Waals surface area contributed by atoms with Crippen LogP contribution in [0.15, 0.2) is 23.8 Å². The van der Waals surface area contributed by atoms with Crippen molar-refractivity contribution in [2.24, 2.45) is 22.7 Å². The first kappa shape index (κ1) is 23.9. The molecule has 0 aromatic carbocycles. The van der Waals surface area contributed by atoms with Crippen LogP contribution in [0.25, 0.3) is 0 Å². The van der Waals surface area contributed by atoms with Crippen molar-refractivity contribution in [2.45, 2.75) is 76.4 Å². The molecule has 3 fully saturated rings. The molecule has 0 radical (unpaired) electrons. The van der Waals surface area contributed by atoms with E-state index in [9.17, 15) is 19.1 Å². The van der Waals surface area contributed by atoms with Crippen LogP contribution in [0.2, 0.25) is 0 Å². The van der Waals surface area contributed by atoms with Gasteiger partial charge in [0.1, 0.15) is 17.8 Å². The molecule has 178 valence electrons. The molecule has 0 aliphatic heterocycles. The maximum Gasteiger partial charge on any atom is 0.306 e. The van der Waals surface area contributed by atoms with E-state index >= 15 is 8.78 Å². The van der Waals surface area contributed by atoms with Crippen LogP contribution in [0, 0.1) is 22.7 Å². The predicted octanol–water partition coefficient (Wildman–Crippen LogP) is 4.66. The fourth-order valence-electron chi connectivity index (χ4n) is 7.21. The van der Waals surface area contributed by atoms with Gasteiger partial charge in [-0.1, -0.05) is 19.9 Å². The van der Waals surface area contributed by atoms with Crippen LogP contribution >= 0.6 is 11.8 Å². The fourth-order valence-corrected chi connectivity index (χ4v) is 8.15. The van der Waals surface area contributed by atoms with Crippen molar-refractivity contribution < 1.29 is 32.6 Å². The lowest BCUT2D eigenvalue weighted by atomic mass is 9.44. The molecule has 4 aliphatic carbocycles. The molecule has 8 heteroatoms. The van der Waals surface area contributed by atoms with Crippen LogP contribution in [0.1, 0.15) is 52.9 Å². The molecule has 1 N–H and O–H groups in total. The number of ether oxygens (including phenoxy) is 1. The molecular formula is C24H31F3O4S. The summed E-state index contributed by atoms with van der Waals surface area (Å²) in [7, 11) is 0. The van der Waals surface area contributed by atoms with Crippen LogP contribution in [-0.2, 0) is 14.3 Å². The number of hydrogen-bond donors (Lipinski definition) is 1. The molecule has 32 heavy (non-hydrogen) atoms. The summed E-state index contributed by atoms with van der Waals surface area (Å²) in [5, 5.41) is 11.3. The van der Waals surface area contributed by atoms with Gasteiger partial charge in [-0.15, -0.1) is 11.8 Å². The third-order valence-electron chi connectivity index (χ3n) is 8.93. The monoisotopic (exact) mass is 472 g/mol. The summed E-state index contributed by atoms with van der Waals surface area (Å²) in [5.74, 6) is -1.79. The van der Waals surface area contributed by atoms with Gasteiger partial charge in [-0.2, -0.15) is 0 Å². The number of aliphatic hydroxyl groups is 1. The van der Waals surface area contributed by atoms with Gasteiger partial charge in [-0.3, -0.25) is 9.59 Å². The van der Waals surface area contributed by atoms with Gasteiger partial charge >= 0.3 is 5.97 Å². The Balaban J connectivity index is 1.79. The second-order valence-corrected chi connectivity index (χ2v) is 11.1. The molecule has 4 rings (SSSR count). The van der Waals surface area contributed by atoms with Crippen molar-refractivity contribution >= 4 is 23.5 Å². The lowest BCUT2D eigenvalue weighted by Gasteiger charge is -2.63. The third kappa shape index (κ3) is 3.00. The second kappa shape index (κ2) is 7.90. The summed E-state index contributed by atoms with van der Waals surface area (Å²) < 4.78 is 51.5. The van der Waals surface area contributed by atoms with Gasteiger partial charge in [0, 0.05) is 28.9 Å². The zero-order chi connectivity index (χ0) is 23.5. The molecule has 0 spiro atoms. The van der Waals surface area contributed by atoms with Gasteiger partial charge in [-0.05, 0) is 56.3 Å². The van der Waals surface area contributed by atoms with Crippen molar-refractivity contribution in [3.05, 3.63) is 23.8 Å². The molecule has 0 aromatic rings. The number of aliphatic hydroxyl groups excluding tert-OH is 1. The van der Waals surface area contributed by atoms with Crippen molar-refractivity contribution in [1.29, 1.82) is 0 Å². The second-order valence-electron chi connectivity index (χ2n) is 10.2. The highest BCUT2D eigenvalue weighted by atomic mass is 32.2. The van der Waals surface area contributed by atoms with Crippen molar-refractivity contribution in [2.75, 3.05) is 11.8 Å². The van der Waals surface area contributed by atoms with Gasteiger partial charge in [0.05, 0.1) is 6.10 Å². The Morgan fingerprint density at radius 2 is 2.06 bits per heavy atom. The number of carbonyl (C=O) groups excluding carboxylic acids is 2. The first-order valence-electron chi connectivity index (χ1n) is 11.3. The number of fused-ring (bicyclic) bond motifs is 5. The maximum atomic E-state index is 17.1. The van der Waals surface area contributed by atoms with Gasteiger partial charge in [0.15, 0.2) is 11.5 Å². The van der Waals surface area contributed by atoms with Crippen LogP contribution < -0.4 is 0 Å². The zero-order valence-electron chi connectivity index (χ0n) is 18.7. The molecule has 3 saturated carbocycles. The number of rotatable bonds is 5. The molecule has 0 aromatic heterocycles. The van der Waals surface area contributed by atoms with E-state index in [4.69, 9.17) is 4.74 Å². The highest BCUT2D eigenvalue weighted by Crippen LogP contribution is 2.70. The SMILES string of the molecule is CCC(=O)O[C@]1(CSCF)CC[C@H]2[C@@H]3C[C@H](F)C4=CC(=O)C=C[C@]4(C)[C@@]3(F)[C@@H](O)C[C@@]21C. The van der Waals surface area contributed by atoms with Crippen molar-refractivity contribution in [3.63, 3.8) is 0 Å². The first-order chi connectivity index (χ1) is 15.0. The van der Waals surface area contributed by atoms with E-state index in [1.807, 2.05) is 6.92 Å². The standard InChI is InChI=1S/C24H31F3O4S/c1-4-20(30)31-23(12-32-13-25)8-6-15-16-10-18(26)17-9-14(28)5-7-21(17,2)24(16,27)19(29)11-22(15,23)3/h5,7,9,15-16,18-19,29H,4,6,8,10-13H2,1-3H3/t15-,16-,18-,19-,21-,22-,23-,24-/m0/s1. The number of carbonyl (C=O) groups is 2. The number of halogens is 3. The largest absolute Gasteiger partial charge is 0.458 e. The molecule has 8 atom stereocenters. The Hall–Kier alpha value is -1.28. The van der Waals surface area contributed by atoms with E-state index in [-0.39, 0.29) is 42.3 Å². The van der Waals surface area contributed by atoms with Gasteiger partial charge in [0.25, 0.3) is 0 Å². The predicted molar refractivity (Wildman–Crippen MR) is 116 cm³/mol. The molecule has 4 aliphatic rings. The van der Waals surface area contributed by atoms with Crippen LogP contribution in [0.3, 0.4) is 0 Å². The van der Waals surface area contributed by atoms with E-state index in [0.29, 0.717) is 12.8 Å². The number of alkyl halides is 3. The lowest BCUT2D eigenvalue weighted by Crippen LogP contribution is -2.70. The van der Waals surface area contributed by atoms with E-state index in [1.165, 1.54) is 18.2 Å². The molecule has 0 unspecified atom stereocenters. The first-order valence-corrected chi connectivity index (χ1v) is 12.5. The minimum atomic E-state index is -2.17. The van der Waals surface area contributed by atoms with Gasteiger partial charge in [-0.25, -0.2) is 13.2 Å². The minimum absolute atomic E-state index is 0.0100.